The van der Waals surface area contributed by atoms with Crippen molar-refractivity contribution in [3.8, 4) is 0 Å². The van der Waals surface area contributed by atoms with Crippen LogP contribution in [0.25, 0.3) is 0 Å². The predicted molar refractivity (Wildman–Crippen MR) is 54.7 cm³/mol. The third-order valence-electron chi connectivity index (χ3n) is 3.03. The van der Waals surface area contributed by atoms with Crippen LogP contribution in [0.1, 0.15) is 44.9 Å². The predicted octanol–water partition coefficient (Wildman–Crippen LogP) is 3.50. The molecule has 0 aromatic carbocycles. The van der Waals surface area contributed by atoms with E-state index >= 15 is 0 Å². The standard InChI is InChI=1S/C11H20F3N/c12-11(13,14)7-3-1-2-4-10-5-8-15-9-6-10/h10,15H,1-9H2. The van der Waals surface area contributed by atoms with Crippen LogP contribution in [0.2, 0.25) is 0 Å². The van der Waals surface area contributed by atoms with E-state index < -0.39 is 12.6 Å². The average molecular weight is 223 g/mol. The number of hydrogen-bond acceptors (Lipinski definition) is 1. The van der Waals surface area contributed by atoms with Crippen molar-refractivity contribution < 1.29 is 13.2 Å². The Hall–Kier alpha value is -0.250. The zero-order valence-electron chi connectivity index (χ0n) is 9.08. The van der Waals surface area contributed by atoms with E-state index in [0.29, 0.717) is 6.42 Å². The highest BCUT2D eigenvalue weighted by atomic mass is 19.4. The molecule has 1 aliphatic heterocycles. The fourth-order valence-electron chi connectivity index (χ4n) is 2.11. The maximum Gasteiger partial charge on any atom is 0.389 e. The first kappa shape index (κ1) is 12.8. The molecule has 0 amide bonds. The number of halogens is 3. The van der Waals surface area contributed by atoms with Gasteiger partial charge in [-0.2, -0.15) is 13.2 Å². The zero-order chi connectivity index (χ0) is 11.1. The molecule has 4 heteroatoms. The molecular weight excluding hydrogens is 203 g/mol. The van der Waals surface area contributed by atoms with Crippen molar-refractivity contribution in [3.05, 3.63) is 0 Å². The number of rotatable bonds is 5. The zero-order valence-corrected chi connectivity index (χ0v) is 9.08. The first-order valence-electron chi connectivity index (χ1n) is 5.85. The highest BCUT2D eigenvalue weighted by Gasteiger charge is 2.25. The SMILES string of the molecule is FC(F)(F)CCCCCC1CCNCC1. The summed E-state index contributed by atoms with van der Waals surface area (Å²) in [6, 6.07) is 0. The Labute approximate surface area is 89.4 Å². The van der Waals surface area contributed by atoms with Crippen molar-refractivity contribution in [1.29, 1.82) is 0 Å². The van der Waals surface area contributed by atoms with E-state index in [1.54, 1.807) is 0 Å². The van der Waals surface area contributed by atoms with Crippen molar-refractivity contribution in [3.63, 3.8) is 0 Å². The van der Waals surface area contributed by atoms with Gasteiger partial charge in [0.1, 0.15) is 0 Å². The minimum absolute atomic E-state index is 0.300. The van der Waals surface area contributed by atoms with Crippen molar-refractivity contribution in [1.82, 2.24) is 5.32 Å². The number of alkyl halides is 3. The third-order valence-corrected chi connectivity index (χ3v) is 3.03. The molecule has 0 atom stereocenters. The van der Waals surface area contributed by atoms with E-state index in [2.05, 4.69) is 5.32 Å². The van der Waals surface area contributed by atoms with Crippen molar-refractivity contribution in [2.45, 2.75) is 51.1 Å². The highest BCUT2D eigenvalue weighted by molar-refractivity contribution is 4.68. The summed E-state index contributed by atoms with van der Waals surface area (Å²) in [5, 5.41) is 3.29. The molecule has 0 aromatic rings. The van der Waals surface area contributed by atoms with Crippen LogP contribution < -0.4 is 5.32 Å². The lowest BCUT2D eigenvalue weighted by Gasteiger charge is -2.22. The summed E-state index contributed by atoms with van der Waals surface area (Å²) in [6.45, 7) is 2.15. The molecule has 0 bridgehead atoms. The fourth-order valence-corrected chi connectivity index (χ4v) is 2.11. The Morgan fingerprint density at radius 2 is 1.67 bits per heavy atom. The summed E-state index contributed by atoms with van der Waals surface area (Å²) < 4.78 is 35.5. The van der Waals surface area contributed by atoms with E-state index in [1.807, 2.05) is 0 Å². The van der Waals surface area contributed by atoms with Crippen LogP contribution in [0.4, 0.5) is 13.2 Å². The number of unbranched alkanes of at least 4 members (excludes halogenated alkanes) is 2. The van der Waals surface area contributed by atoms with Gasteiger partial charge in [0.05, 0.1) is 0 Å². The lowest BCUT2D eigenvalue weighted by Crippen LogP contribution is -2.27. The van der Waals surface area contributed by atoms with Gasteiger partial charge in [0, 0.05) is 6.42 Å². The van der Waals surface area contributed by atoms with Gasteiger partial charge in [0.25, 0.3) is 0 Å². The molecule has 0 aromatic heterocycles. The van der Waals surface area contributed by atoms with Crippen LogP contribution in [0.15, 0.2) is 0 Å². The van der Waals surface area contributed by atoms with E-state index in [1.165, 1.54) is 12.8 Å². The Balaban J connectivity index is 1.92. The van der Waals surface area contributed by atoms with Crippen LogP contribution in [-0.2, 0) is 0 Å². The summed E-state index contributed by atoms with van der Waals surface area (Å²) in [6.07, 6.45) is 0.907. The minimum atomic E-state index is -3.96. The number of hydrogen-bond donors (Lipinski definition) is 1. The van der Waals surface area contributed by atoms with Gasteiger partial charge in [-0.25, -0.2) is 0 Å². The van der Waals surface area contributed by atoms with Gasteiger partial charge in [-0.15, -0.1) is 0 Å². The van der Waals surface area contributed by atoms with Crippen LogP contribution in [-0.4, -0.2) is 19.3 Å². The molecule has 0 aliphatic carbocycles. The maximum absolute atomic E-state index is 11.8. The maximum atomic E-state index is 11.8. The van der Waals surface area contributed by atoms with Crippen molar-refractivity contribution >= 4 is 0 Å². The van der Waals surface area contributed by atoms with E-state index in [0.717, 1.165) is 38.3 Å². The number of piperidine rings is 1. The molecule has 15 heavy (non-hydrogen) atoms. The smallest absolute Gasteiger partial charge is 0.317 e. The second kappa shape index (κ2) is 6.36. The van der Waals surface area contributed by atoms with Gasteiger partial charge in [-0.3, -0.25) is 0 Å². The molecule has 1 aliphatic rings. The molecule has 90 valence electrons. The second-order valence-corrected chi connectivity index (χ2v) is 4.41. The van der Waals surface area contributed by atoms with Crippen molar-refractivity contribution in [2.75, 3.05) is 13.1 Å². The Morgan fingerprint density at radius 3 is 2.27 bits per heavy atom. The quantitative estimate of drug-likeness (QED) is 0.703. The van der Waals surface area contributed by atoms with E-state index in [4.69, 9.17) is 0 Å². The largest absolute Gasteiger partial charge is 0.389 e. The fraction of sp³-hybridized carbons (Fsp3) is 1.00. The van der Waals surface area contributed by atoms with Gasteiger partial charge in [0.15, 0.2) is 0 Å². The lowest BCUT2D eigenvalue weighted by molar-refractivity contribution is -0.135. The average Bonchev–Trinajstić information content (AvgIpc) is 2.17. The lowest BCUT2D eigenvalue weighted by atomic mass is 9.92. The first-order chi connectivity index (χ1) is 7.08. The molecule has 1 heterocycles. The molecular formula is C11H20F3N. The molecule has 1 fully saturated rings. The summed E-state index contributed by atoms with van der Waals surface area (Å²) in [5.74, 6) is 0.747. The highest BCUT2D eigenvalue weighted by Crippen LogP contribution is 2.24. The number of nitrogens with one attached hydrogen (secondary N) is 1. The third kappa shape index (κ3) is 6.77. The van der Waals surface area contributed by atoms with Gasteiger partial charge in [0.2, 0.25) is 0 Å². The molecule has 0 spiro atoms. The van der Waals surface area contributed by atoms with Gasteiger partial charge >= 0.3 is 6.18 Å². The molecule has 1 N–H and O–H groups in total. The van der Waals surface area contributed by atoms with Gasteiger partial charge in [-0.1, -0.05) is 19.3 Å². The van der Waals surface area contributed by atoms with Crippen LogP contribution in [0.5, 0.6) is 0 Å². The summed E-state index contributed by atoms with van der Waals surface area (Å²) >= 11 is 0. The van der Waals surface area contributed by atoms with Crippen LogP contribution >= 0.6 is 0 Å². The minimum Gasteiger partial charge on any atom is -0.317 e. The molecule has 0 unspecified atom stereocenters. The summed E-state index contributed by atoms with van der Waals surface area (Å²) in [5.41, 5.74) is 0. The molecule has 0 radical (unpaired) electrons. The normalized spacial score (nSPS) is 19.4. The molecule has 1 saturated heterocycles. The molecule has 1 nitrogen and oxygen atoms in total. The summed E-state index contributed by atoms with van der Waals surface area (Å²) in [7, 11) is 0. The topological polar surface area (TPSA) is 12.0 Å². The van der Waals surface area contributed by atoms with Crippen molar-refractivity contribution in [2.24, 2.45) is 5.92 Å². The molecule has 1 rings (SSSR count). The summed E-state index contributed by atoms with van der Waals surface area (Å²) in [4.78, 5) is 0. The van der Waals surface area contributed by atoms with E-state index in [9.17, 15) is 13.2 Å². The first-order valence-corrected chi connectivity index (χ1v) is 5.85. The van der Waals surface area contributed by atoms with Gasteiger partial charge < -0.3 is 5.32 Å². The molecule has 0 saturated carbocycles. The van der Waals surface area contributed by atoms with Gasteiger partial charge in [-0.05, 0) is 38.3 Å². The monoisotopic (exact) mass is 223 g/mol. The second-order valence-electron chi connectivity index (χ2n) is 4.41. The Kier molecular flexibility index (Phi) is 5.43. The Bertz CT molecular complexity index is 162. The van der Waals surface area contributed by atoms with Crippen LogP contribution in [0.3, 0.4) is 0 Å². The van der Waals surface area contributed by atoms with Crippen LogP contribution in [0, 0.1) is 5.92 Å². The Morgan fingerprint density at radius 1 is 1.00 bits per heavy atom. The van der Waals surface area contributed by atoms with E-state index in [-0.39, 0.29) is 0 Å².